The molecule has 2 amide bonds. The first kappa shape index (κ1) is 14.5. The lowest BCUT2D eigenvalue weighted by Crippen LogP contribution is -2.53. The minimum Gasteiger partial charge on any atom is -0.480 e. The number of carbonyl (C=O) groups is 2. The number of aliphatic carboxylic acids is 1. The molecule has 0 aromatic heterocycles. The van der Waals surface area contributed by atoms with Crippen molar-refractivity contribution in [3.05, 3.63) is 0 Å². The number of amides is 2. The summed E-state index contributed by atoms with van der Waals surface area (Å²) in [5.74, 6) is -1.28. The highest BCUT2D eigenvalue weighted by Gasteiger charge is 2.30. The van der Waals surface area contributed by atoms with E-state index in [2.05, 4.69) is 0 Å². The molecule has 0 saturated carbocycles. The molecule has 0 aliphatic rings. The molecule has 16 heavy (non-hydrogen) atoms. The van der Waals surface area contributed by atoms with E-state index in [-0.39, 0.29) is 0 Å². The Morgan fingerprint density at radius 3 is 2.12 bits per heavy atom. The molecule has 0 aromatic rings. The van der Waals surface area contributed by atoms with Crippen LogP contribution >= 0.6 is 0 Å². The number of carbonyl (C=O) groups excluding carboxylic acids is 1. The summed E-state index contributed by atoms with van der Waals surface area (Å²) in [6, 6.07) is -0.948. The van der Waals surface area contributed by atoms with Gasteiger partial charge in [0, 0.05) is 6.54 Å². The fourth-order valence-corrected chi connectivity index (χ4v) is 0.699. The maximum Gasteiger partial charge on any atom is 0.390 e. The van der Waals surface area contributed by atoms with Gasteiger partial charge >= 0.3 is 18.2 Å². The largest absolute Gasteiger partial charge is 0.480 e. The van der Waals surface area contributed by atoms with Crippen LogP contribution in [-0.2, 0) is 4.79 Å². The van der Waals surface area contributed by atoms with Crippen molar-refractivity contribution in [1.82, 2.24) is 10.6 Å². The van der Waals surface area contributed by atoms with Crippen molar-refractivity contribution in [3.63, 3.8) is 0 Å². The molecule has 0 fully saturated rings. The van der Waals surface area contributed by atoms with Gasteiger partial charge in [-0.25, -0.2) is 9.59 Å². The summed E-state index contributed by atoms with van der Waals surface area (Å²) < 4.78 is 35.1. The highest BCUT2D eigenvalue weighted by atomic mass is 19.4. The van der Waals surface area contributed by atoms with Gasteiger partial charge in [0.1, 0.15) is 5.54 Å². The van der Waals surface area contributed by atoms with Crippen molar-refractivity contribution >= 4 is 12.0 Å². The van der Waals surface area contributed by atoms with Crippen molar-refractivity contribution in [2.24, 2.45) is 0 Å². The van der Waals surface area contributed by atoms with Gasteiger partial charge < -0.3 is 15.7 Å². The van der Waals surface area contributed by atoms with E-state index in [0.29, 0.717) is 0 Å². The molecular weight excluding hydrogens is 229 g/mol. The third-order valence-corrected chi connectivity index (χ3v) is 1.65. The smallest absolute Gasteiger partial charge is 0.390 e. The second-order valence-electron chi connectivity index (χ2n) is 3.68. The number of hydrogen-bond donors (Lipinski definition) is 3. The van der Waals surface area contributed by atoms with Gasteiger partial charge in [0.25, 0.3) is 0 Å². The van der Waals surface area contributed by atoms with Gasteiger partial charge in [0.15, 0.2) is 0 Å². The number of alkyl halides is 3. The molecule has 0 saturated heterocycles. The lowest BCUT2D eigenvalue weighted by atomic mass is 10.1. The van der Waals surface area contributed by atoms with Crippen LogP contribution in [0, 0.1) is 0 Å². The molecule has 94 valence electrons. The maximum absolute atomic E-state index is 11.7. The van der Waals surface area contributed by atoms with E-state index in [1.165, 1.54) is 13.8 Å². The standard InChI is InChI=1S/C8H13F3N2O3/c1-7(2,5(14)15)13-6(16)12-4-3-8(9,10)11/h3-4H2,1-2H3,(H,14,15)(H2,12,13,16). The highest BCUT2D eigenvalue weighted by Crippen LogP contribution is 2.18. The summed E-state index contributed by atoms with van der Waals surface area (Å²) in [7, 11) is 0. The number of carboxylic acid groups (broad SMARTS) is 1. The summed E-state index contributed by atoms with van der Waals surface area (Å²) in [6.45, 7) is 1.85. The maximum atomic E-state index is 11.7. The fourth-order valence-electron chi connectivity index (χ4n) is 0.699. The number of hydrogen-bond acceptors (Lipinski definition) is 2. The van der Waals surface area contributed by atoms with E-state index in [9.17, 15) is 22.8 Å². The molecule has 0 unspecified atom stereocenters. The Bertz CT molecular complexity index is 276. The molecule has 0 spiro atoms. The minimum atomic E-state index is -4.35. The number of halogens is 3. The zero-order valence-electron chi connectivity index (χ0n) is 8.81. The van der Waals surface area contributed by atoms with Crippen LogP contribution in [0.3, 0.4) is 0 Å². The molecule has 0 heterocycles. The molecule has 0 rings (SSSR count). The van der Waals surface area contributed by atoms with Gasteiger partial charge in [-0.15, -0.1) is 0 Å². The predicted octanol–water partition coefficient (Wildman–Crippen LogP) is 1.10. The molecule has 0 atom stereocenters. The Balaban J connectivity index is 3.97. The number of carboxylic acids is 1. The van der Waals surface area contributed by atoms with Gasteiger partial charge in [-0.2, -0.15) is 13.2 Å². The van der Waals surface area contributed by atoms with Crippen molar-refractivity contribution < 1.29 is 27.9 Å². The van der Waals surface area contributed by atoms with Gasteiger partial charge in [0.2, 0.25) is 0 Å². The first-order chi connectivity index (χ1) is 7.04. The Kier molecular flexibility index (Phi) is 4.58. The first-order valence-electron chi connectivity index (χ1n) is 4.41. The van der Waals surface area contributed by atoms with Gasteiger partial charge in [0.05, 0.1) is 6.42 Å². The number of rotatable bonds is 4. The van der Waals surface area contributed by atoms with Crippen molar-refractivity contribution in [3.8, 4) is 0 Å². The third-order valence-electron chi connectivity index (χ3n) is 1.65. The Morgan fingerprint density at radius 1 is 1.25 bits per heavy atom. The van der Waals surface area contributed by atoms with Gasteiger partial charge in [-0.05, 0) is 13.8 Å². The van der Waals surface area contributed by atoms with Crippen molar-refractivity contribution in [2.45, 2.75) is 32.0 Å². The molecule has 8 heteroatoms. The first-order valence-corrected chi connectivity index (χ1v) is 4.41. The van der Waals surface area contributed by atoms with E-state index >= 15 is 0 Å². The SMILES string of the molecule is CC(C)(NC(=O)NCCC(F)(F)F)C(=O)O. The van der Waals surface area contributed by atoms with Crippen LogP contribution in [0.4, 0.5) is 18.0 Å². The molecule has 0 aliphatic carbocycles. The summed E-state index contributed by atoms with van der Waals surface area (Å²) in [5, 5.41) is 12.6. The number of urea groups is 1. The average Bonchev–Trinajstić information content (AvgIpc) is 1.99. The normalized spacial score (nSPS) is 12.1. The summed E-state index contributed by atoms with van der Waals surface area (Å²) in [6.07, 6.45) is -5.51. The molecule has 0 aliphatic heterocycles. The van der Waals surface area contributed by atoms with Crippen molar-refractivity contribution in [2.75, 3.05) is 6.54 Å². The zero-order valence-corrected chi connectivity index (χ0v) is 8.81. The molecular formula is C8H13F3N2O3. The second kappa shape index (κ2) is 5.04. The second-order valence-corrected chi connectivity index (χ2v) is 3.68. The summed E-state index contributed by atoms with van der Waals surface area (Å²) in [5.41, 5.74) is -1.53. The van der Waals surface area contributed by atoms with E-state index in [1.54, 1.807) is 0 Å². The topological polar surface area (TPSA) is 78.4 Å². The van der Waals surface area contributed by atoms with Crippen LogP contribution in [0.5, 0.6) is 0 Å². The fraction of sp³-hybridized carbons (Fsp3) is 0.750. The highest BCUT2D eigenvalue weighted by molar-refractivity contribution is 5.85. The molecule has 3 N–H and O–H groups in total. The number of nitrogens with one attached hydrogen (secondary N) is 2. The van der Waals surface area contributed by atoms with E-state index < -0.39 is 36.7 Å². The Morgan fingerprint density at radius 2 is 1.75 bits per heavy atom. The minimum absolute atomic E-state index is 0.592. The van der Waals surface area contributed by atoms with Crippen molar-refractivity contribution in [1.29, 1.82) is 0 Å². The monoisotopic (exact) mass is 242 g/mol. The van der Waals surface area contributed by atoms with Gasteiger partial charge in [-0.3, -0.25) is 0 Å². The Labute approximate surface area is 90.0 Å². The predicted molar refractivity (Wildman–Crippen MR) is 48.9 cm³/mol. The quantitative estimate of drug-likeness (QED) is 0.690. The van der Waals surface area contributed by atoms with Crippen LogP contribution in [0.2, 0.25) is 0 Å². The lowest BCUT2D eigenvalue weighted by molar-refractivity contribution is -0.143. The van der Waals surface area contributed by atoms with E-state index in [1.807, 2.05) is 10.6 Å². The lowest BCUT2D eigenvalue weighted by Gasteiger charge is -2.21. The molecule has 0 aromatic carbocycles. The summed E-state index contributed by atoms with van der Waals surface area (Å²) in [4.78, 5) is 21.6. The summed E-state index contributed by atoms with van der Waals surface area (Å²) >= 11 is 0. The van der Waals surface area contributed by atoms with Crippen LogP contribution < -0.4 is 10.6 Å². The van der Waals surface area contributed by atoms with Crippen LogP contribution in [-0.4, -0.2) is 35.4 Å². The molecule has 0 radical (unpaired) electrons. The third kappa shape index (κ3) is 6.10. The van der Waals surface area contributed by atoms with E-state index in [4.69, 9.17) is 5.11 Å². The van der Waals surface area contributed by atoms with Crippen LogP contribution in [0.15, 0.2) is 0 Å². The van der Waals surface area contributed by atoms with Gasteiger partial charge in [-0.1, -0.05) is 0 Å². The zero-order chi connectivity index (χ0) is 13.0. The van der Waals surface area contributed by atoms with Crippen LogP contribution in [0.25, 0.3) is 0 Å². The molecule has 5 nitrogen and oxygen atoms in total. The molecule has 0 bridgehead atoms. The van der Waals surface area contributed by atoms with E-state index in [0.717, 1.165) is 0 Å². The van der Waals surface area contributed by atoms with Crippen LogP contribution in [0.1, 0.15) is 20.3 Å². The Hall–Kier alpha value is -1.47. The average molecular weight is 242 g/mol.